The monoisotopic (exact) mass is 372 g/mol. The topological polar surface area (TPSA) is 106 Å². The van der Waals surface area contributed by atoms with Gasteiger partial charge in [-0.05, 0) is 37.8 Å². The molecule has 1 aliphatic carbocycles. The first kappa shape index (κ1) is 18.8. The van der Waals surface area contributed by atoms with Gasteiger partial charge in [-0.15, -0.1) is 0 Å². The van der Waals surface area contributed by atoms with Gasteiger partial charge in [-0.25, -0.2) is 9.97 Å². The zero-order valence-electron chi connectivity index (χ0n) is 15.4. The van der Waals surface area contributed by atoms with Gasteiger partial charge in [-0.3, -0.25) is 4.79 Å². The number of hydrogen-bond donors (Lipinski definition) is 3. The normalized spacial score (nSPS) is 19.2. The molecule has 8 nitrogen and oxygen atoms in total. The number of anilines is 3. The Morgan fingerprint density at radius 2 is 1.81 bits per heavy atom. The van der Waals surface area contributed by atoms with Gasteiger partial charge < -0.3 is 25.2 Å². The molecule has 144 valence electrons. The number of carbonyl (C=O) groups is 1. The second kappa shape index (κ2) is 8.57. The highest BCUT2D eigenvalue weighted by molar-refractivity contribution is 5.70. The van der Waals surface area contributed by atoms with Crippen LogP contribution in [0.4, 0.5) is 17.3 Å². The van der Waals surface area contributed by atoms with Gasteiger partial charge in [0.25, 0.3) is 0 Å². The molecule has 0 spiro atoms. The maximum absolute atomic E-state index is 11.1. The molecule has 1 aliphatic rings. The van der Waals surface area contributed by atoms with Crippen LogP contribution in [-0.2, 0) is 4.79 Å². The predicted molar refractivity (Wildman–Crippen MR) is 102 cm³/mol. The highest BCUT2D eigenvalue weighted by Crippen LogP contribution is 2.31. The minimum absolute atomic E-state index is 0.221. The molecule has 1 aromatic carbocycles. The van der Waals surface area contributed by atoms with Crippen LogP contribution in [0.3, 0.4) is 0 Å². The van der Waals surface area contributed by atoms with Gasteiger partial charge in [0.15, 0.2) is 0 Å². The fourth-order valence-electron chi connectivity index (χ4n) is 3.24. The largest absolute Gasteiger partial charge is 0.497 e. The summed E-state index contributed by atoms with van der Waals surface area (Å²) in [7, 11) is 3.20. The molecule has 27 heavy (non-hydrogen) atoms. The standard InChI is InChI=1S/C19H24N4O4/c1-26-14-7-8-15(16(9-14)27-2)23-18-10-17(20-11-21-18)22-13-5-3-12(4-6-13)19(24)25/h7-13H,3-6H2,1-2H3,(H,24,25)(H2,20,21,22,23). The van der Waals surface area contributed by atoms with Crippen molar-refractivity contribution >= 4 is 23.3 Å². The molecule has 1 heterocycles. The van der Waals surface area contributed by atoms with Crippen molar-refractivity contribution in [1.29, 1.82) is 0 Å². The Morgan fingerprint density at radius 1 is 1.07 bits per heavy atom. The number of benzene rings is 1. The summed E-state index contributed by atoms with van der Waals surface area (Å²) in [5.74, 6) is 1.77. The molecular formula is C19H24N4O4. The van der Waals surface area contributed by atoms with E-state index in [1.54, 1.807) is 20.3 Å². The second-order valence-electron chi connectivity index (χ2n) is 6.51. The number of aliphatic carboxylic acids is 1. The highest BCUT2D eigenvalue weighted by Gasteiger charge is 2.26. The molecule has 0 aliphatic heterocycles. The van der Waals surface area contributed by atoms with E-state index in [1.807, 2.05) is 18.2 Å². The van der Waals surface area contributed by atoms with Crippen molar-refractivity contribution < 1.29 is 19.4 Å². The molecule has 0 saturated heterocycles. The average Bonchev–Trinajstić information content (AvgIpc) is 2.69. The lowest BCUT2D eigenvalue weighted by molar-refractivity contribution is -0.142. The van der Waals surface area contributed by atoms with E-state index in [1.165, 1.54) is 6.33 Å². The Hall–Kier alpha value is -3.03. The van der Waals surface area contributed by atoms with Crippen molar-refractivity contribution in [2.75, 3.05) is 24.9 Å². The second-order valence-corrected chi connectivity index (χ2v) is 6.51. The summed E-state index contributed by atoms with van der Waals surface area (Å²) < 4.78 is 10.6. The van der Waals surface area contributed by atoms with Crippen LogP contribution in [0.5, 0.6) is 11.5 Å². The van der Waals surface area contributed by atoms with Gasteiger partial charge in [0.2, 0.25) is 0 Å². The Balaban J connectivity index is 1.65. The number of methoxy groups -OCH3 is 2. The fraction of sp³-hybridized carbons (Fsp3) is 0.421. The van der Waals surface area contributed by atoms with Gasteiger partial charge in [0, 0.05) is 18.2 Å². The van der Waals surface area contributed by atoms with E-state index in [4.69, 9.17) is 14.6 Å². The Bertz CT molecular complexity index is 791. The number of ether oxygens (including phenoxy) is 2. The van der Waals surface area contributed by atoms with Gasteiger partial charge >= 0.3 is 5.97 Å². The molecule has 1 aromatic heterocycles. The lowest BCUT2D eigenvalue weighted by Gasteiger charge is -2.27. The summed E-state index contributed by atoms with van der Waals surface area (Å²) in [5, 5.41) is 15.7. The van der Waals surface area contributed by atoms with E-state index < -0.39 is 5.97 Å². The summed E-state index contributed by atoms with van der Waals surface area (Å²) >= 11 is 0. The smallest absolute Gasteiger partial charge is 0.306 e. The van der Waals surface area contributed by atoms with Crippen molar-refractivity contribution in [1.82, 2.24) is 9.97 Å². The molecule has 0 radical (unpaired) electrons. The molecule has 1 saturated carbocycles. The zero-order valence-corrected chi connectivity index (χ0v) is 15.4. The van der Waals surface area contributed by atoms with Crippen LogP contribution >= 0.6 is 0 Å². The third-order valence-corrected chi connectivity index (χ3v) is 4.77. The number of hydrogen-bond acceptors (Lipinski definition) is 7. The number of carboxylic acids is 1. The number of nitrogens with zero attached hydrogens (tertiary/aromatic N) is 2. The third kappa shape index (κ3) is 4.78. The maximum atomic E-state index is 11.1. The van der Waals surface area contributed by atoms with E-state index in [0.717, 1.165) is 18.5 Å². The van der Waals surface area contributed by atoms with Gasteiger partial charge in [0.1, 0.15) is 29.5 Å². The molecule has 3 rings (SSSR count). The molecule has 2 aromatic rings. The first-order chi connectivity index (χ1) is 13.1. The summed E-state index contributed by atoms with van der Waals surface area (Å²) in [6.45, 7) is 0. The zero-order chi connectivity index (χ0) is 19.2. The molecule has 0 atom stereocenters. The SMILES string of the molecule is COc1ccc(Nc2cc(NC3CCC(C(=O)O)CC3)ncn2)c(OC)c1. The van der Waals surface area contributed by atoms with Crippen molar-refractivity contribution in [2.45, 2.75) is 31.7 Å². The average molecular weight is 372 g/mol. The van der Waals surface area contributed by atoms with E-state index in [9.17, 15) is 4.79 Å². The van der Waals surface area contributed by atoms with Gasteiger partial charge in [0.05, 0.1) is 25.8 Å². The molecule has 8 heteroatoms. The van der Waals surface area contributed by atoms with E-state index in [2.05, 4.69) is 20.6 Å². The van der Waals surface area contributed by atoms with Crippen molar-refractivity contribution in [2.24, 2.45) is 5.92 Å². The molecule has 0 amide bonds. The van der Waals surface area contributed by atoms with Crippen LogP contribution < -0.4 is 20.1 Å². The van der Waals surface area contributed by atoms with Crippen molar-refractivity contribution in [3.05, 3.63) is 30.6 Å². The van der Waals surface area contributed by atoms with E-state index in [0.29, 0.717) is 36.0 Å². The first-order valence-electron chi connectivity index (χ1n) is 8.89. The van der Waals surface area contributed by atoms with Crippen LogP contribution in [0.15, 0.2) is 30.6 Å². The summed E-state index contributed by atoms with van der Waals surface area (Å²) in [4.78, 5) is 19.6. The maximum Gasteiger partial charge on any atom is 0.306 e. The molecule has 1 fully saturated rings. The number of carboxylic acid groups (broad SMARTS) is 1. The predicted octanol–water partition coefficient (Wildman–Crippen LogP) is 3.29. The van der Waals surface area contributed by atoms with E-state index >= 15 is 0 Å². The molecule has 0 unspecified atom stereocenters. The lowest BCUT2D eigenvalue weighted by atomic mass is 9.86. The molecule has 0 bridgehead atoms. The summed E-state index contributed by atoms with van der Waals surface area (Å²) in [6, 6.07) is 7.54. The third-order valence-electron chi connectivity index (χ3n) is 4.77. The van der Waals surface area contributed by atoms with Crippen LogP contribution in [-0.4, -0.2) is 41.3 Å². The molecular weight excluding hydrogens is 348 g/mol. The number of aromatic nitrogens is 2. The first-order valence-corrected chi connectivity index (χ1v) is 8.89. The Kier molecular flexibility index (Phi) is 5.95. The Morgan fingerprint density at radius 3 is 2.48 bits per heavy atom. The minimum Gasteiger partial charge on any atom is -0.497 e. The Labute approximate surface area is 157 Å². The quantitative estimate of drug-likeness (QED) is 0.680. The molecule has 3 N–H and O–H groups in total. The van der Waals surface area contributed by atoms with Crippen LogP contribution in [0, 0.1) is 5.92 Å². The van der Waals surface area contributed by atoms with Crippen LogP contribution in [0.25, 0.3) is 0 Å². The van der Waals surface area contributed by atoms with Crippen molar-refractivity contribution in [3.8, 4) is 11.5 Å². The van der Waals surface area contributed by atoms with E-state index in [-0.39, 0.29) is 12.0 Å². The van der Waals surface area contributed by atoms with Crippen molar-refractivity contribution in [3.63, 3.8) is 0 Å². The minimum atomic E-state index is -0.699. The van der Waals surface area contributed by atoms with Crippen LogP contribution in [0.2, 0.25) is 0 Å². The lowest BCUT2D eigenvalue weighted by Crippen LogP contribution is -2.29. The summed E-state index contributed by atoms with van der Waals surface area (Å²) in [5.41, 5.74) is 0.768. The van der Waals surface area contributed by atoms with Gasteiger partial charge in [-0.1, -0.05) is 0 Å². The van der Waals surface area contributed by atoms with Gasteiger partial charge in [-0.2, -0.15) is 0 Å². The number of nitrogens with one attached hydrogen (secondary N) is 2. The summed E-state index contributed by atoms with van der Waals surface area (Å²) in [6.07, 6.45) is 4.49. The number of rotatable bonds is 7. The fourth-order valence-corrected chi connectivity index (χ4v) is 3.24. The van der Waals surface area contributed by atoms with Crippen LogP contribution in [0.1, 0.15) is 25.7 Å². The highest BCUT2D eigenvalue weighted by atomic mass is 16.5.